The number of benzene rings is 1. The topological polar surface area (TPSA) is 32.5 Å². The van der Waals surface area contributed by atoms with E-state index in [-0.39, 0.29) is 6.04 Å². The van der Waals surface area contributed by atoms with E-state index in [1.54, 1.807) is 0 Å². The zero-order valence-electron chi connectivity index (χ0n) is 11.7. The van der Waals surface area contributed by atoms with Crippen molar-refractivity contribution in [3.8, 4) is 0 Å². The second-order valence-corrected chi connectivity index (χ2v) is 5.94. The van der Waals surface area contributed by atoms with Gasteiger partial charge in [0.15, 0.2) is 0 Å². The zero-order chi connectivity index (χ0) is 13.1. The molecule has 104 valence electrons. The maximum atomic E-state index is 6.19. The Balaban J connectivity index is 1.64. The number of anilines is 1. The summed E-state index contributed by atoms with van der Waals surface area (Å²) in [5.74, 6) is 0. The van der Waals surface area contributed by atoms with Crippen LogP contribution in [-0.2, 0) is 6.42 Å². The number of piperidine rings is 1. The Labute approximate surface area is 116 Å². The van der Waals surface area contributed by atoms with Gasteiger partial charge in [0.25, 0.3) is 0 Å². The molecule has 2 aliphatic heterocycles. The van der Waals surface area contributed by atoms with E-state index in [1.807, 2.05) is 0 Å². The highest BCUT2D eigenvalue weighted by molar-refractivity contribution is 5.56. The standard InChI is InChI=1S/C16H25N3/c17-15-12-14-6-2-3-7-16(14)19(13-15)11-10-18-8-4-1-5-9-18/h2-3,6-7,15H,1,4-5,8-13,17H2. The van der Waals surface area contributed by atoms with E-state index in [9.17, 15) is 0 Å². The van der Waals surface area contributed by atoms with Gasteiger partial charge in [0.05, 0.1) is 0 Å². The minimum Gasteiger partial charge on any atom is -0.368 e. The molecular weight excluding hydrogens is 234 g/mol. The van der Waals surface area contributed by atoms with Crippen LogP contribution in [0.5, 0.6) is 0 Å². The van der Waals surface area contributed by atoms with Gasteiger partial charge in [-0.25, -0.2) is 0 Å². The van der Waals surface area contributed by atoms with Crippen LogP contribution in [0.3, 0.4) is 0 Å². The van der Waals surface area contributed by atoms with Crippen LogP contribution in [0.1, 0.15) is 24.8 Å². The predicted molar refractivity (Wildman–Crippen MR) is 80.6 cm³/mol. The van der Waals surface area contributed by atoms with E-state index in [1.165, 1.54) is 50.1 Å². The van der Waals surface area contributed by atoms with Crippen LogP contribution < -0.4 is 10.6 Å². The maximum Gasteiger partial charge on any atom is 0.0400 e. The van der Waals surface area contributed by atoms with Gasteiger partial charge in [-0.15, -0.1) is 0 Å². The molecule has 0 aliphatic carbocycles. The van der Waals surface area contributed by atoms with Gasteiger partial charge in [0, 0.05) is 31.4 Å². The lowest BCUT2D eigenvalue weighted by Crippen LogP contribution is -2.46. The number of hydrogen-bond donors (Lipinski definition) is 1. The Morgan fingerprint density at radius 2 is 1.84 bits per heavy atom. The molecule has 3 nitrogen and oxygen atoms in total. The fourth-order valence-corrected chi connectivity index (χ4v) is 3.38. The lowest BCUT2D eigenvalue weighted by atomic mass is 9.98. The van der Waals surface area contributed by atoms with E-state index >= 15 is 0 Å². The van der Waals surface area contributed by atoms with Crippen molar-refractivity contribution >= 4 is 5.69 Å². The van der Waals surface area contributed by atoms with Crippen LogP contribution in [0.25, 0.3) is 0 Å². The van der Waals surface area contributed by atoms with Crippen molar-refractivity contribution in [2.45, 2.75) is 31.7 Å². The third-order valence-corrected chi connectivity index (χ3v) is 4.40. The predicted octanol–water partition coefficient (Wildman–Crippen LogP) is 1.86. The molecule has 2 heterocycles. The normalized spacial score (nSPS) is 24.3. The molecule has 0 saturated carbocycles. The summed E-state index contributed by atoms with van der Waals surface area (Å²) in [4.78, 5) is 5.09. The maximum absolute atomic E-state index is 6.19. The van der Waals surface area contributed by atoms with Gasteiger partial charge >= 0.3 is 0 Å². The molecule has 1 unspecified atom stereocenters. The van der Waals surface area contributed by atoms with Crippen LogP contribution in [0, 0.1) is 0 Å². The third-order valence-electron chi connectivity index (χ3n) is 4.40. The largest absolute Gasteiger partial charge is 0.368 e. The van der Waals surface area contributed by atoms with E-state index in [4.69, 9.17) is 5.73 Å². The Morgan fingerprint density at radius 3 is 2.68 bits per heavy atom. The molecule has 3 heteroatoms. The Bertz CT molecular complexity index is 412. The summed E-state index contributed by atoms with van der Waals surface area (Å²) >= 11 is 0. The quantitative estimate of drug-likeness (QED) is 0.899. The molecule has 0 radical (unpaired) electrons. The van der Waals surface area contributed by atoms with Crippen LogP contribution in [0.2, 0.25) is 0 Å². The summed E-state index contributed by atoms with van der Waals surface area (Å²) in [5.41, 5.74) is 9.01. The first kappa shape index (κ1) is 12.9. The molecule has 1 aromatic carbocycles. The van der Waals surface area contributed by atoms with Crippen molar-refractivity contribution in [2.24, 2.45) is 5.73 Å². The van der Waals surface area contributed by atoms with Crippen LogP contribution >= 0.6 is 0 Å². The number of fused-ring (bicyclic) bond motifs is 1. The second-order valence-electron chi connectivity index (χ2n) is 5.94. The fraction of sp³-hybridized carbons (Fsp3) is 0.625. The first-order valence-electron chi connectivity index (χ1n) is 7.64. The molecule has 1 saturated heterocycles. The number of para-hydroxylation sites is 1. The van der Waals surface area contributed by atoms with Gasteiger partial charge in [-0.2, -0.15) is 0 Å². The molecule has 2 N–H and O–H groups in total. The Hall–Kier alpha value is -1.06. The third kappa shape index (κ3) is 3.10. The minimum absolute atomic E-state index is 0.288. The molecule has 0 spiro atoms. The second kappa shape index (κ2) is 5.93. The van der Waals surface area contributed by atoms with E-state index in [2.05, 4.69) is 34.1 Å². The summed E-state index contributed by atoms with van der Waals surface area (Å²) in [6.45, 7) is 5.86. The van der Waals surface area contributed by atoms with Gasteiger partial charge < -0.3 is 15.5 Å². The first-order chi connectivity index (χ1) is 9.33. The van der Waals surface area contributed by atoms with E-state index < -0.39 is 0 Å². The first-order valence-corrected chi connectivity index (χ1v) is 7.64. The van der Waals surface area contributed by atoms with E-state index in [0.29, 0.717) is 0 Å². The highest BCUT2D eigenvalue weighted by Gasteiger charge is 2.22. The van der Waals surface area contributed by atoms with Gasteiger partial charge in [-0.1, -0.05) is 24.6 Å². The van der Waals surface area contributed by atoms with Crippen molar-refractivity contribution in [2.75, 3.05) is 37.6 Å². The van der Waals surface area contributed by atoms with Crippen molar-refractivity contribution < 1.29 is 0 Å². The van der Waals surface area contributed by atoms with Crippen LogP contribution in [-0.4, -0.2) is 43.7 Å². The summed E-state index contributed by atoms with van der Waals surface area (Å²) in [7, 11) is 0. The van der Waals surface area contributed by atoms with E-state index in [0.717, 1.165) is 19.5 Å². The molecule has 0 aromatic heterocycles. The average Bonchev–Trinajstić information content (AvgIpc) is 2.45. The number of likely N-dealkylation sites (tertiary alicyclic amines) is 1. The zero-order valence-corrected chi connectivity index (χ0v) is 11.7. The van der Waals surface area contributed by atoms with Gasteiger partial charge in [-0.05, 0) is 44.0 Å². The molecule has 19 heavy (non-hydrogen) atoms. The Morgan fingerprint density at radius 1 is 1.05 bits per heavy atom. The number of nitrogens with two attached hydrogens (primary N) is 1. The Kier molecular flexibility index (Phi) is 4.04. The van der Waals surface area contributed by atoms with Gasteiger partial charge in [0.1, 0.15) is 0 Å². The minimum atomic E-state index is 0.288. The fourth-order valence-electron chi connectivity index (χ4n) is 3.38. The summed E-state index contributed by atoms with van der Waals surface area (Å²) < 4.78 is 0. The van der Waals surface area contributed by atoms with Gasteiger partial charge in [0.2, 0.25) is 0 Å². The number of nitrogens with zero attached hydrogens (tertiary/aromatic N) is 2. The summed E-state index contributed by atoms with van der Waals surface area (Å²) in [6, 6.07) is 9.03. The van der Waals surface area contributed by atoms with Crippen molar-refractivity contribution in [3.63, 3.8) is 0 Å². The molecule has 2 aliphatic rings. The monoisotopic (exact) mass is 259 g/mol. The summed E-state index contributed by atoms with van der Waals surface area (Å²) in [6.07, 6.45) is 5.18. The van der Waals surface area contributed by atoms with Crippen LogP contribution in [0.15, 0.2) is 24.3 Å². The molecular formula is C16H25N3. The molecule has 1 atom stereocenters. The molecule has 0 amide bonds. The molecule has 0 bridgehead atoms. The summed E-state index contributed by atoms with van der Waals surface area (Å²) in [5, 5.41) is 0. The lowest BCUT2D eigenvalue weighted by molar-refractivity contribution is 0.232. The highest BCUT2D eigenvalue weighted by Crippen LogP contribution is 2.26. The number of hydrogen-bond acceptors (Lipinski definition) is 3. The smallest absolute Gasteiger partial charge is 0.0400 e. The molecule has 3 rings (SSSR count). The van der Waals surface area contributed by atoms with Crippen molar-refractivity contribution in [1.82, 2.24) is 4.90 Å². The van der Waals surface area contributed by atoms with Crippen molar-refractivity contribution in [1.29, 1.82) is 0 Å². The molecule has 1 fully saturated rings. The SMILES string of the molecule is NC1Cc2ccccc2N(CCN2CCCCC2)C1. The van der Waals surface area contributed by atoms with Gasteiger partial charge in [-0.3, -0.25) is 0 Å². The molecule has 1 aromatic rings. The highest BCUT2D eigenvalue weighted by atomic mass is 15.2. The number of rotatable bonds is 3. The lowest BCUT2D eigenvalue weighted by Gasteiger charge is -2.36. The van der Waals surface area contributed by atoms with Crippen molar-refractivity contribution in [3.05, 3.63) is 29.8 Å². The average molecular weight is 259 g/mol. The van der Waals surface area contributed by atoms with Crippen LogP contribution in [0.4, 0.5) is 5.69 Å².